The number of benzene rings is 1. The van der Waals surface area contributed by atoms with E-state index in [4.69, 9.17) is 17.3 Å². The van der Waals surface area contributed by atoms with E-state index >= 15 is 0 Å². The molecule has 0 amide bonds. The Balaban J connectivity index is 2.04. The molecule has 5 nitrogen and oxygen atoms in total. The molecule has 0 aliphatic carbocycles. The summed E-state index contributed by atoms with van der Waals surface area (Å²) in [5.74, 6) is 0.361. The van der Waals surface area contributed by atoms with Crippen molar-refractivity contribution >= 4 is 21.6 Å². The number of sulfonamides is 1. The first-order valence-corrected chi connectivity index (χ1v) is 8.95. The number of rotatable bonds is 5. The van der Waals surface area contributed by atoms with Gasteiger partial charge in [-0.2, -0.15) is 0 Å². The molecule has 1 atom stereocenters. The fourth-order valence-corrected chi connectivity index (χ4v) is 3.99. The third kappa shape index (κ3) is 4.40. The van der Waals surface area contributed by atoms with Crippen molar-refractivity contribution in [1.82, 2.24) is 9.62 Å². The van der Waals surface area contributed by atoms with Crippen LogP contribution < -0.4 is 10.5 Å². The van der Waals surface area contributed by atoms with E-state index in [0.717, 1.165) is 25.9 Å². The van der Waals surface area contributed by atoms with Crippen molar-refractivity contribution in [3.05, 3.63) is 28.8 Å². The molecule has 0 radical (unpaired) electrons. The lowest BCUT2D eigenvalue weighted by molar-refractivity contribution is 0.211. The lowest BCUT2D eigenvalue weighted by Gasteiger charge is -2.29. The van der Waals surface area contributed by atoms with E-state index in [1.54, 1.807) is 6.07 Å². The van der Waals surface area contributed by atoms with Gasteiger partial charge in [0.05, 0.1) is 4.90 Å². The van der Waals surface area contributed by atoms with Gasteiger partial charge in [-0.3, -0.25) is 0 Å². The van der Waals surface area contributed by atoms with Crippen molar-refractivity contribution in [1.29, 1.82) is 0 Å². The van der Waals surface area contributed by atoms with Gasteiger partial charge in [-0.15, -0.1) is 0 Å². The Bertz CT molecular complexity index is 592. The quantitative estimate of drug-likeness (QED) is 0.855. The average Bonchev–Trinajstić information content (AvgIpc) is 2.46. The van der Waals surface area contributed by atoms with E-state index < -0.39 is 10.0 Å². The number of hydrogen-bond acceptors (Lipinski definition) is 4. The van der Waals surface area contributed by atoms with Crippen molar-refractivity contribution in [3.8, 4) is 0 Å². The van der Waals surface area contributed by atoms with Crippen LogP contribution in [0.1, 0.15) is 18.4 Å². The zero-order valence-corrected chi connectivity index (χ0v) is 13.8. The Labute approximate surface area is 131 Å². The molecule has 118 valence electrons. The van der Waals surface area contributed by atoms with Crippen LogP contribution in [0.15, 0.2) is 23.1 Å². The van der Waals surface area contributed by atoms with Crippen LogP contribution in [-0.4, -0.2) is 40.0 Å². The van der Waals surface area contributed by atoms with E-state index in [2.05, 4.69) is 16.7 Å². The Morgan fingerprint density at radius 3 is 2.90 bits per heavy atom. The second kappa shape index (κ2) is 7.07. The highest BCUT2D eigenvalue weighted by molar-refractivity contribution is 7.89. The molecule has 1 aromatic carbocycles. The fraction of sp³-hybridized carbons (Fsp3) is 0.571. The summed E-state index contributed by atoms with van der Waals surface area (Å²) in [6.07, 6.45) is 2.17. The highest BCUT2D eigenvalue weighted by atomic mass is 35.5. The summed E-state index contributed by atoms with van der Waals surface area (Å²) in [6, 6.07) is 4.63. The maximum absolute atomic E-state index is 12.3. The summed E-state index contributed by atoms with van der Waals surface area (Å²) < 4.78 is 27.4. The maximum atomic E-state index is 12.3. The second-order valence-electron chi connectivity index (χ2n) is 5.58. The van der Waals surface area contributed by atoms with Crippen LogP contribution in [0, 0.1) is 5.92 Å². The van der Waals surface area contributed by atoms with Crippen LogP contribution in [0.25, 0.3) is 0 Å². The molecule has 1 fully saturated rings. The van der Waals surface area contributed by atoms with Gasteiger partial charge in [0.25, 0.3) is 0 Å². The van der Waals surface area contributed by atoms with Gasteiger partial charge in [-0.05, 0) is 56.1 Å². The van der Waals surface area contributed by atoms with E-state index in [9.17, 15) is 8.42 Å². The highest BCUT2D eigenvalue weighted by Gasteiger charge is 2.21. The van der Waals surface area contributed by atoms with Gasteiger partial charge in [-0.1, -0.05) is 11.6 Å². The van der Waals surface area contributed by atoms with Gasteiger partial charge in [0, 0.05) is 24.7 Å². The first-order valence-electron chi connectivity index (χ1n) is 7.09. The summed E-state index contributed by atoms with van der Waals surface area (Å²) in [5, 5.41) is 0.491. The molecule has 7 heteroatoms. The van der Waals surface area contributed by atoms with Crippen molar-refractivity contribution in [2.75, 3.05) is 26.7 Å². The molecule has 0 bridgehead atoms. The van der Waals surface area contributed by atoms with Gasteiger partial charge >= 0.3 is 0 Å². The second-order valence-corrected chi connectivity index (χ2v) is 7.75. The van der Waals surface area contributed by atoms with Gasteiger partial charge in [0.15, 0.2) is 0 Å². The largest absolute Gasteiger partial charge is 0.326 e. The van der Waals surface area contributed by atoms with Crippen LogP contribution in [0.3, 0.4) is 0 Å². The van der Waals surface area contributed by atoms with Gasteiger partial charge in [0.1, 0.15) is 0 Å². The topological polar surface area (TPSA) is 75.4 Å². The molecule has 1 saturated heterocycles. The molecule has 2 rings (SSSR count). The Kier molecular flexibility index (Phi) is 5.62. The maximum Gasteiger partial charge on any atom is 0.240 e. The fourth-order valence-electron chi connectivity index (χ4n) is 2.63. The minimum Gasteiger partial charge on any atom is -0.326 e. The summed E-state index contributed by atoms with van der Waals surface area (Å²) in [7, 11) is -1.45. The predicted molar refractivity (Wildman–Crippen MR) is 84.8 cm³/mol. The molecule has 0 saturated carbocycles. The van der Waals surface area contributed by atoms with Gasteiger partial charge in [-0.25, -0.2) is 13.1 Å². The SMILES string of the molecule is CN1CCCC(CNS(=O)(=O)c2ccc(Cl)c(CN)c2)C1. The number of likely N-dealkylation sites (tertiary alicyclic amines) is 1. The zero-order chi connectivity index (χ0) is 15.5. The number of halogens is 1. The summed E-state index contributed by atoms with van der Waals surface area (Å²) in [4.78, 5) is 2.45. The molecule has 21 heavy (non-hydrogen) atoms. The molecular weight excluding hydrogens is 310 g/mol. The summed E-state index contributed by atoms with van der Waals surface area (Å²) in [6.45, 7) is 2.69. The molecule has 0 spiro atoms. The Morgan fingerprint density at radius 2 is 2.24 bits per heavy atom. The Morgan fingerprint density at radius 1 is 1.48 bits per heavy atom. The molecule has 0 aromatic heterocycles. The van der Waals surface area contributed by atoms with Crippen molar-refractivity contribution in [2.45, 2.75) is 24.3 Å². The standard InChI is InChI=1S/C14H22ClN3O2S/c1-18-6-2-3-11(10-18)9-17-21(19,20)13-4-5-14(15)12(7-13)8-16/h4-5,7,11,17H,2-3,6,8-10,16H2,1H3. The van der Waals surface area contributed by atoms with Crippen molar-refractivity contribution in [3.63, 3.8) is 0 Å². The van der Waals surface area contributed by atoms with E-state index in [1.807, 2.05) is 0 Å². The van der Waals surface area contributed by atoms with Gasteiger partial charge in [0.2, 0.25) is 10.0 Å². The van der Waals surface area contributed by atoms with E-state index in [1.165, 1.54) is 12.1 Å². The highest BCUT2D eigenvalue weighted by Crippen LogP contribution is 2.20. The predicted octanol–water partition coefficient (Wildman–Crippen LogP) is 1.42. The van der Waals surface area contributed by atoms with E-state index in [0.29, 0.717) is 23.0 Å². The molecule has 3 N–H and O–H groups in total. The number of piperidine rings is 1. The number of nitrogens with two attached hydrogens (primary N) is 1. The Hall–Kier alpha value is -0.660. The molecule has 1 heterocycles. The first kappa shape index (κ1) is 16.7. The number of hydrogen-bond donors (Lipinski definition) is 2. The van der Waals surface area contributed by atoms with Crippen molar-refractivity contribution < 1.29 is 8.42 Å². The van der Waals surface area contributed by atoms with Crippen LogP contribution >= 0.6 is 11.6 Å². The summed E-state index contributed by atoms with van der Waals surface area (Å²) >= 11 is 5.96. The average molecular weight is 332 g/mol. The summed E-state index contributed by atoms with van der Waals surface area (Å²) in [5.41, 5.74) is 6.20. The first-order chi connectivity index (χ1) is 9.92. The number of nitrogens with one attached hydrogen (secondary N) is 1. The molecule has 1 aliphatic rings. The third-order valence-electron chi connectivity index (χ3n) is 3.83. The third-order valence-corrected chi connectivity index (χ3v) is 5.62. The minimum atomic E-state index is -3.51. The normalized spacial score (nSPS) is 20.6. The van der Waals surface area contributed by atoms with Crippen LogP contribution in [0.4, 0.5) is 0 Å². The van der Waals surface area contributed by atoms with Crippen LogP contribution in [0.2, 0.25) is 5.02 Å². The molecular formula is C14H22ClN3O2S. The lowest BCUT2D eigenvalue weighted by atomic mass is 9.99. The van der Waals surface area contributed by atoms with Crippen LogP contribution in [-0.2, 0) is 16.6 Å². The molecule has 1 unspecified atom stereocenters. The van der Waals surface area contributed by atoms with Crippen LogP contribution in [0.5, 0.6) is 0 Å². The molecule has 1 aliphatic heterocycles. The minimum absolute atomic E-state index is 0.218. The molecule has 1 aromatic rings. The zero-order valence-electron chi connectivity index (χ0n) is 12.2. The lowest BCUT2D eigenvalue weighted by Crippen LogP contribution is -2.39. The van der Waals surface area contributed by atoms with Gasteiger partial charge < -0.3 is 10.6 Å². The monoisotopic (exact) mass is 331 g/mol. The van der Waals surface area contributed by atoms with Crippen molar-refractivity contribution in [2.24, 2.45) is 11.7 Å². The van der Waals surface area contributed by atoms with E-state index in [-0.39, 0.29) is 11.4 Å². The smallest absolute Gasteiger partial charge is 0.240 e. The number of nitrogens with zero attached hydrogens (tertiary/aromatic N) is 1.